The van der Waals surface area contributed by atoms with Crippen molar-refractivity contribution >= 4 is 10.2 Å². The molecule has 0 saturated carbocycles. The zero-order valence-electron chi connectivity index (χ0n) is 13.2. The van der Waals surface area contributed by atoms with Crippen molar-refractivity contribution in [1.82, 2.24) is 19.2 Å². The van der Waals surface area contributed by atoms with Crippen molar-refractivity contribution in [3.63, 3.8) is 0 Å². The molecule has 0 aliphatic carbocycles. The fourth-order valence-corrected chi connectivity index (χ4v) is 3.88. The van der Waals surface area contributed by atoms with E-state index in [1.807, 2.05) is 14.1 Å². The average molecular weight is 306 g/mol. The number of hydrogen-bond donors (Lipinski definition) is 2. The van der Waals surface area contributed by atoms with E-state index >= 15 is 0 Å². The summed E-state index contributed by atoms with van der Waals surface area (Å²) in [6.07, 6.45) is 3.00. The highest BCUT2D eigenvalue weighted by Crippen LogP contribution is 2.19. The molecule has 6 nitrogen and oxygen atoms in total. The average Bonchev–Trinajstić information content (AvgIpc) is 2.39. The van der Waals surface area contributed by atoms with Crippen LogP contribution in [0.1, 0.15) is 33.1 Å². The van der Waals surface area contributed by atoms with E-state index < -0.39 is 10.2 Å². The number of nitrogens with zero attached hydrogens (tertiary/aromatic N) is 2. The molecule has 1 unspecified atom stereocenters. The monoisotopic (exact) mass is 306 g/mol. The predicted molar refractivity (Wildman–Crippen MR) is 83.0 cm³/mol. The lowest BCUT2D eigenvalue weighted by atomic mass is 10.1. The highest BCUT2D eigenvalue weighted by atomic mass is 32.2. The molecule has 7 heteroatoms. The van der Waals surface area contributed by atoms with Gasteiger partial charge in [0.05, 0.1) is 0 Å². The topological polar surface area (TPSA) is 64.7 Å². The molecular weight excluding hydrogens is 276 g/mol. The summed E-state index contributed by atoms with van der Waals surface area (Å²) in [7, 11) is 0.510. The largest absolute Gasteiger partial charge is 0.318 e. The third-order valence-corrected chi connectivity index (χ3v) is 5.62. The van der Waals surface area contributed by atoms with Crippen LogP contribution in [-0.2, 0) is 10.2 Å². The van der Waals surface area contributed by atoms with Crippen molar-refractivity contribution in [2.45, 2.75) is 45.2 Å². The molecular formula is C13H30N4O2S. The van der Waals surface area contributed by atoms with E-state index in [2.05, 4.69) is 28.8 Å². The van der Waals surface area contributed by atoms with E-state index in [0.29, 0.717) is 25.7 Å². The van der Waals surface area contributed by atoms with Gasteiger partial charge in [0.2, 0.25) is 0 Å². The van der Waals surface area contributed by atoms with Crippen LogP contribution in [0, 0.1) is 0 Å². The van der Waals surface area contributed by atoms with Gasteiger partial charge in [-0.2, -0.15) is 12.7 Å². The lowest BCUT2D eigenvalue weighted by molar-refractivity contribution is 0.243. The molecule has 20 heavy (non-hydrogen) atoms. The van der Waals surface area contributed by atoms with Gasteiger partial charge in [0.15, 0.2) is 0 Å². The van der Waals surface area contributed by atoms with Crippen molar-refractivity contribution in [3.8, 4) is 0 Å². The summed E-state index contributed by atoms with van der Waals surface area (Å²) in [5, 5.41) is 3.09. The van der Waals surface area contributed by atoms with E-state index in [1.165, 1.54) is 0 Å². The molecule has 1 aliphatic rings. The molecule has 1 atom stereocenters. The van der Waals surface area contributed by atoms with Gasteiger partial charge in [-0.25, -0.2) is 4.72 Å². The second-order valence-electron chi connectivity index (χ2n) is 5.79. The Labute approximate surface area is 124 Å². The van der Waals surface area contributed by atoms with Gasteiger partial charge >= 0.3 is 0 Å². The third-order valence-electron chi connectivity index (χ3n) is 3.95. The van der Waals surface area contributed by atoms with Crippen LogP contribution in [0.5, 0.6) is 0 Å². The number of nitrogens with one attached hydrogen (secondary N) is 2. The van der Waals surface area contributed by atoms with Crippen molar-refractivity contribution in [1.29, 1.82) is 0 Å². The maximum absolute atomic E-state index is 12.4. The Hall–Kier alpha value is -0.210. The van der Waals surface area contributed by atoms with Crippen LogP contribution in [0.2, 0.25) is 0 Å². The molecule has 2 N–H and O–H groups in total. The maximum atomic E-state index is 12.4. The van der Waals surface area contributed by atoms with Gasteiger partial charge < -0.3 is 10.2 Å². The predicted octanol–water partition coefficient (Wildman–Crippen LogP) is 0.235. The normalized spacial score (nSPS) is 21.8. The molecule has 0 spiro atoms. The molecule has 0 aromatic rings. The zero-order chi connectivity index (χ0) is 15.2. The summed E-state index contributed by atoms with van der Waals surface area (Å²) in [6.45, 7) is 6.72. The fraction of sp³-hybridized carbons (Fsp3) is 1.00. The Morgan fingerprint density at radius 2 is 2.05 bits per heavy atom. The summed E-state index contributed by atoms with van der Waals surface area (Å²) in [5.41, 5.74) is 0. The summed E-state index contributed by atoms with van der Waals surface area (Å²) >= 11 is 0. The molecule has 1 rings (SSSR count). The summed E-state index contributed by atoms with van der Waals surface area (Å²) in [5.74, 6) is 0. The van der Waals surface area contributed by atoms with E-state index in [-0.39, 0.29) is 6.04 Å². The second-order valence-corrected chi connectivity index (χ2v) is 7.50. The number of likely N-dealkylation sites (N-methyl/N-ethyl adjacent to an activating group) is 2. The maximum Gasteiger partial charge on any atom is 0.279 e. The minimum Gasteiger partial charge on any atom is -0.318 e. The van der Waals surface area contributed by atoms with Gasteiger partial charge in [-0.05, 0) is 40.8 Å². The first kappa shape index (κ1) is 17.8. The first-order valence-electron chi connectivity index (χ1n) is 7.49. The third kappa shape index (κ3) is 5.29. The van der Waals surface area contributed by atoms with Crippen LogP contribution >= 0.6 is 0 Å². The van der Waals surface area contributed by atoms with Crippen LogP contribution in [0.25, 0.3) is 0 Å². The minimum atomic E-state index is -3.36. The smallest absolute Gasteiger partial charge is 0.279 e. The molecule has 0 bridgehead atoms. The number of hydrogen-bond acceptors (Lipinski definition) is 4. The van der Waals surface area contributed by atoms with Crippen LogP contribution in [0.3, 0.4) is 0 Å². The number of piperidine rings is 1. The van der Waals surface area contributed by atoms with Gasteiger partial charge in [0.1, 0.15) is 0 Å². The van der Waals surface area contributed by atoms with Gasteiger partial charge in [0.25, 0.3) is 10.2 Å². The minimum absolute atomic E-state index is 0.0779. The van der Waals surface area contributed by atoms with Crippen LogP contribution < -0.4 is 10.0 Å². The molecule has 1 saturated heterocycles. The van der Waals surface area contributed by atoms with Gasteiger partial charge in [-0.3, -0.25) is 0 Å². The van der Waals surface area contributed by atoms with Crippen LogP contribution in [0.4, 0.5) is 0 Å². The van der Waals surface area contributed by atoms with Crippen molar-refractivity contribution in [3.05, 3.63) is 0 Å². The van der Waals surface area contributed by atoms with E-state index in [1.54, 1.807) is 4.31 Å². The lowest BCUT2D eigenvalue weighted by Crippen LogP contribution is -2.52. The van der Waals surface area contributed by atoms with E-state index in [0.717, 1.165) is 25.8 Å². The molecule has 0 amide bonds. The first-order valence-corrected chi connectivity index (χ1v) is 8.93. The highest BCUT2D eigenvalue weighted by Gasteiger charge is 2.31. The zero-order valence-corrected chi connectivity index (χ0v) is 14.0. The van der Waals surface area contributed by atoms with Crippen molar-refractivity contribution in [2.75, 3.05) is 40.3 Å². The van der Waals surface area contributed by atoms with Gasteiger partial charge in [-0.15, -0.1) is 0 Å². The Morgan fingerprint density at radius 3 is 2.65 bits per heavy atom. The molecule has 1 fully saturated rings. The Bertz CT molecular complexity index is 371. The standard InChI is InChI=1S/C13H30N4O2S/c1-12(2)16(4)10-8-15-20(18,19)17-9-6-5-7-13(17)11-14-3/h12-15H,5-11H2,1-4H3. The van der Waals surface area contributed by atoms with Crippen molar-refractivity contribution < 1.29 is 8.42 Å². The quantitative estimate of drug-likeness (QED) is 0.674. The Kier molecular flexibility index (Phi) is 7.39. The number of rotatable bonds is 8. The van der Waals surface area contributed by atoms with Crippen molar-refractivity contribution in [2.24, 2.45) is 0 Å². The van der Waals surface area contributed by atoms with Gasteiger partial charge in [-0.1, -0.05) is 6.42 Å². The van der Waals surface area contributed by atoms with E-state index in [4.69, 9.17) is 0 Å². The SMILES string of the molecule is CNCC1CCCCN1S(=O)(=O)NCCN(C)C(C)C. The summed E-state index contributed by atoms with van der Waals surface area (Å²) in [4.78, 5) is 2.13. The van der Waals surface area contributed by atoms with E-state index in [9.17, 15) is 8.42 Å². The fourth-order valence-electron chi connectivity index (χ4n) is 2.42. The molecule has 0 radical (unpaired) electrons. The highest BCUT2D eigenvalue weighted by molar-refractivity contribution is 7.87. The molecule has 0 aromatic heterocycles. The molecule has 1 heterocycles. The molecule has 0 aromatic carbocycles. The van der Waals surface area contributed by atoms with Crippen LogP contribution in [0.15, 0.2) is 0 Å². The lowest BCUT2D eigenvalue weighted by Gasteiger charge is -2.34. The van der Waals surface area contributed by atoms with Crippen LogP contribution in [-0.4, -0.2) is 70.0 Å². The second kappa shape index (κ2) is 8.29. The first-order chi connectivity index (χ1) is 9.38. The summed E-state index contributed by atoms with van der Waals surface area (Å²) < 4.78 is 29.1. The molecule has 120 valence electrons. The summed E-state index contributed by atoms with van der Waals surface area (Å²) in [6, 6.07) is 0.501. The molecule has 1 aliphatic heterocycles. The van der Waals surface area contributed by atoms with Gasteiger partial charge in [0, 0.05) is 38.3 Å². The Morgan fingerprint density at radius 1 is 1.35 bits per heavy atom. The Balaban J connectivity index is 2.53.